The fourth-order valence-electron chi connectivity index (χ4n) is 3.16. The molecule has 0 spiro atoms. The van der Waals surface area contributed by atoms with Gasteiger partial charge in [0.2, 0.25) is 15.9 Å². The molecule has 0 bridgehead atoms. The zero-order valence-corrected chi connectivity index (χ0v) is 17.4. The summed E-state index contributed by atoms with van der Waals surface area (Å²) in [5.74, 6) is -1.26. The summed E-state index contributed by atoms with van der Waals surface area (Å²) in [7, 11) is -3.85. The first-order valence-corrected chi connectivity index (χ1v) is 10.7. The highest BCUT2D eigenvalue weighted by molar-refractivity contribution is 7.94. The average Bonchev–Trinajstić information content (AvgIpc) is 2.76. The van der Waals surface area contributed by atoms with Crippen LogP contribution in [0.5, 0.6) is 0 Å². The van der Waals surface area contributed by atoms with Crippen molar-refractivity contribution >= 4 is 39.1 Å². The molecule has 1 aliphatic heterocycles. The van der Waals surface area contributed by atoms with Crippen molar-refractivity contribution in [2.24, 2.45) is 5.41 Å². The second kappa shape index (κ2) is 7.22. The number of rotatable bonds is 4. The van der Waals surface area contributed by atoms with E-state index in [0.29, 0.717) is 10.8 Å². The van der Waals surface area contributed by atoms with Crippen LogP contribution in [0.15, 0.2) is 42.5 Å². The number of nitrogens with one attached hydrogen (secondary N) is 1. The zero-order chi connectivity index (χ0) is 20.7. The van der Waals surface area contributed by atoms with Crippen LogP contribution < -0.4 is 9.62 Å². The highest BCUT2D eigenvalue weighted by Crippen LogP contribution is 2.39. The largest absolute Gasteiger partial charge is 0.348 e. The molecule has 6 nitrogen and oxygen atoms in total. The standard InChI is InChI=1S/C20H21ClN2O4S/c1-13-5-4-6-14(9-13)11-22-18(24)15-7-8-16(21)17(10-15)23-19(25)20(2,3)12-28(23,26)27/h4-10H,11-12H2,1-3H3,(H,22,24). The Morgan fingerprint density at radius 2 is 1.93 bits per heavy atom. The van der Waals surface area contributed by atoms with E-state index >= 15 is 0 Å². The first-order chi connectivity index (χ1) is 13.0. The maximum absolute atomic E-state index is 12.6. The molecule has 8 heteroatoms. The van der Waals surface area contributed by atoms with Crippen molar-refractivity contribution in [3.63, 3.8) is 0 Å². The molecular weight excluding hydrogens is 400 g/mol. The Kier molecular flexibility index (Phi) is 5.25. The number of halogens is 1. The minimum atomic E-state index is -3.85. The predicted octanol–water partition coefficient (Wildman–Crippen LogP) is 3.28. The highest BCUT2D eigenvalue weighted by Gasteiger charge is 2.50. The molecule has 0 aromatic heterocycles. The van der Waals surface area contributed by atoms with E-state index in [1.165, 1.54) is 18.2 Å². The number of hydrogen-bond acceptors (Lipinski definition) is 4. The third-order valence-electron chi connectivity index (χ3n) is 4.55. The molecule has 1 fully saturated rings. The Balaban J connectivity index is 1.87. The molecule has 3 rings (SSSR count). The number of carbonyl (C=O) groups is 2. The van der Waals surface area contributed by atoms with Gasteiger partial charge in [0.15, 0.2) is 0 Å². The van der Waals surface area contributed by atoms with Gasteiger partial charge in [0.25, 0.3) is 5.91 Å². The molecule has 148 valence electrons. The lowest BCUT2D eigenvalue weighted by Gasteiger charge is -2.19. The Morgan fingerprint density at radius 3 is 2.54 bits per heavy atom. The van der Waals surface area contributed by atoms with Crippen LogP contribution in [0.3, 0.4) is 0 Å². The van der Waals surface area contributed by atoms with Gasteiger partial charge in [0, 0.05) is 12.1 Å². The molecule has 0 saturated carbocycles. The normalized spacial score (nSPS) is 17.6. The second-order valence-corrected chi connectivity index (χ2v) is 9.77. The molecule has 2 aromatic carbocycles. The van der Waals surface area contributed by atoms with E-state index in [-0.39, 0.29) is 27.9 Å². The van der Waals surface area contributed by atoms with E-state index in [1.54, 1.807) is 13.8 Å². The topological polar surface area (TPSA) is 83.6 Å². The van der Waals surface area contributed by atoms with Gasteiger partial charge in [-0.05, 0) is 44.5 Å². The van der Waals surface area contributed by atoms with Crippen LogP contribution in [-0.2, 0) is 21.4 Å². The number of benzene rings is 2. The second-order valence-electron chi connectivity index (χ2n) is 7.55. The smallest absolute Gasteiger partial charge is 0.251 e. The maximum Gasteiger partial charge on any atom is 0.251 e. The Bertz CT molecular complexity index is 1060. The van der Waals surface area contributed by atoms with Crippen LogP contribution in [0.25, 0.3) is 0 Å². The third kappa shape index (κ3) is 3.91. The van der Waals surface area contributed by atoms with Gasteiger partial charge < -0.3 is 5.32 Å². The number of nitrogens with zero attached hydrogens (tertiary/aromatic N) is 1. The van der Waals surface area contributed by atoms with Gasteiger partial charge in [-0.3, -0.25) is 9.59 Å². The minimum Gasteiger partial charge on any atom is -0.348 e. The van der Waals surface area contributed by atoms with Crippen LogP contribution >= 0.6 is 11.6 Å². The van der Waals surface area contributed by atoms with Crippen molar-refractivity contribution in [1.82, 2.24) is 5.32 Å². The zero-order valence-electron chi connectivity index (χ0n) is 15.8. The van der Waals surface area contributed by atoms with Gasteiger partial charge in [-0.25, -0.2) is 12.7 Å². The third-order valence-corrected chi connectivity index (χ3v) is 6.87. The first kappa shape index (κ1) is 20.4. The molecule has 0 radical (unpaired) electrons. The lowest BCUT2D eigenvalue weighted by Crippen LogP contribution is -2.33. The van der Waals surface area contributed by atoms with Crippen LogP contribution in [0, 0.1) is 12.3 Å². The van der Waals surface area contributed by atoms with Crippen molar-refractivity contribution in [1.29, 1.82) is 0 Å². The van der Waals surface area contributed by atoms with Crippen molar-refractivity contribution in [3.8, 4) is 0 Å². The molecule has 0 aliphatic carbocycles. The number of aryl methyl sites for hydroxylation is 1. The van der Waals surface area contributed by atoms with E-state index in [4.69, 9.17) is 11.6 Å². The van der Waals surface area contributed by atoms with E-state index in [2.05, 4.69) is 5.32 Å². The van der Waals surface area contributed by atoms with E-state index in [1.807, 2.05) is 31.2 Å². The van der Waals surface area contributed by atoms with Gasteiger partial charge in [0.05, 0.1) is 21.9 Å². The summed E-state index contributed by atoms with van der Waals surface area (Å²) >= 11 is 6.17. The minimum absolute atomic E-state index is 0.000414. The molecular formula is C20H21ClN2O4S. The van der Waals surface area contributed by atoms with Crippen LogP contribution in [0.2, 0.25) is 5.02 Å². The van der Waals surface area contributed by atoms with E-state index < -0.39 is 21.3 Å². The number of amides is 2. The van der Waals surface area contributed by atoms with E-state index in [0.717, 1.165) is 11.1 Å². The fraction of sp³-hybridized carbons (Fsp3) is 0.300. The number of sulfonamides is 1. The molecule has 28 heavy (non-hydrogen) atoms. The molecule has 1 N–H and O–H groups in total. The Labute approximate surface area is 169 Å². The molecule has 1 aliphatic rings. The summed E-state index contributed by atoms with van der Waals surface area (Å²) in [6.45, 7) is 5.43. The maximum atomic E-state index is 12.6. The van der Waals surface area contributed by atoms with Crippen molar-refractivity contribution in [2.45, 2.75) is 27.3 Å². The lowest BCUT2D eigenvalue weighted by atomic mass is 9.95. The SMILES string of the molecule is Cc1cccc(CNC(=O)c2ccc(Cl)c(N3C(=O)C(C)(C)CS3(=O)=O)c2)c1. The number of anilines is 1. The van der Waals surface area contributed by atoms with Gasteiger partial charge >= 0.3 is 0 Å². The summed E-state index contributed by atoms with van der Waals surface area (Å²) in [5.41, 5.74) is 1.20. The summed E-state index contributed by atoms with van der Waals surface area (Å²) < 4.78 is 25.7. The predicted molar refractivity (Wildman–Crippen MR) is 109 cm³/mol. The quantitative estimate of drug-likeness (QED) is 0.822. The van der Waals surface area contributed by atoms with Crippen LogP contribution in [-0.4, -0.2) is 26.0 Å². The molecule has 2 amide bonds. The molecule has 2 aromatic rings. The van der Waals surface area contributed by atoms with Crippen LogP contribution in [0.4, 0.5) is 5.69 Å². The van der Waals surface area contributed by atoms with Crippen molar-refractivity contribution < 1.29 is 18.0 Å². The summed E-state index contributed by atoms with van der Waals surface area (Å²) in [6, 6.07) is 12.0. The van der Waals surface area contributed by atoms with Crippen LogP contribution in [0.1, 0.15) is 35.3 Å². The summed E-state index contributed by atoms with van der Waals surface area (Å²) in [5, 5.41) is 2.88. The molecule has 0 unspecified atom stereocenters. The van der Waals surface area contributed by atoms with Gasteiger partial charge in [-0.1, -0.05) is 41.4 Å². The van der Waals surface area contributed by atoms with E-state index in [9.17, 15) is 18.0 Å². The average molecular weight is 421 g/mol. The van der Waals surface area contributed by atoms with Gasteiger partial charge in [0.1, 0.15) is 0 Å². The Morgan fingerprint density at radius 1 is 1.21 bits per heavy atom. The highest BCUT2D eigenvalue weighted by atomic mass is 35.5. The summed E-state index contributed by atoms with van der Waals surface area (Å²) in [6.07, 6.45) is 0. The van der Waals surface area contributed by atoms with Crippen molar-refractivity contribution in [2.75, 3.05) is 10.1 Å². The monoisotopic (exact) mass is 420 g/mol. The Hall–Kier alpha value is -2.38. The number of hydrogen-bond donors (Lipinski definition) is 1. The van der Waals surface area contributed by atoms with Gasteiger partial charge in [-0.15, -0.1) is 0 Å². The number of carbonyl (C=O) groups excluding carboxylic acids is 2. The lowest BCUT2D eigenvalue weighted by molar-refractivity contribution is -0.123. The molecule has 0 atom stereocenters. The van der Waals surface area contributed by atoms with Crippen molar-refractivity contribution in [3.05, 3.63) is 64.2 Å². The molecule has 1 saturated heterocycles. The molecule has 1 heterocycles. The first-order valence-electron chi connectivity index (χ1n) is 8.72. The summed E-state index contributed by atoms with van der Waals surface area (Å²) in [4.78, 5) is 25.2. The van der Waals surface area contributed by atoms with Gasteiger partial charge in [-0.2, -0.15) is 0 Å². The fourth-order valence-corrected chi connectivity index (χ4v) is 5.53.